The van der Waals surface area contributed by atoms with E-state index in [-0.39, 0.29) is 22.5 Å². The van der Waals surface area contributed by atoms with Crippen molar-refractivity contribution in [1.29, 1.82) is 0 Å². The lowest BCUT2D eigenvalue weighted by atomic mass is 9.50. The van der Waals surface area contributed by atoms with E-state index in [9.17, 15) is 14.4 Å². The van der Waals surface area contributed by atoms with E-state index in [0.29, 0.717) is 24.4 Å². The zero-order chi connectivity index (χ0) is 21.0. The molecule has 2 unspecified atom stereocenters. The number of carbonyl (C=O) groups is 3. The zero-order valence-corrected chi connectivity index (χ0v) is 17.8. The summed E-state index contributed by atoms with van der Waals surface area (Å²) in [6.07, 6.45) is 2.45. The van der Waals surface area contributed by atoms with Gasteiger partial charge in [0.25, 0.3) is 0 Å². The molecule has 156 valence electrons. The molecule has 29 heavy (non-hydrogen) atoms. The number of ketones is 2. The molecule has 4 rings (SSSR count). The van der Waals surface area contributed by atoms with Crippen molar-refractivity contribution >= 4 is 17.7 Å². The Labute approximate surface area is 172 Å². The number of Topliss-reactive ketones (excluding diaryl/α,β-unsaturated/α-hetero) is 2. The lowest BCUT2D eigenvalue weighted by Crippen LogP contribution is -2.54. The topological polar surface area (TPSA) is 66.9 Å². The number of hydrogen-bond donors (Lipinski definition) is 0. The predicted molar refractivity (Wildman–Crippen MR) is 109 cm³/mol. The lowest BCUT2D eigenvalue weighted by molar-refractivity contribution is -0.128. The molecule has 1 heterocycles. The van der Waals surface area contributed by atoms with E-state index in [1.807, 2.05) is 13.1 Å². The summed E-state index contributed by atoms with van der Waals surface area (Å²) in [5, 5.41) is 0. The molecule has 2 aliphatic carbocycles. The van der Waals surface area contributed by atoms with Crippen LogP contribution in [0.2, 0.25) is 0 Å². The molecule has 1 saturated heterocycles. The molecule has 2 fully saturated rings. The fourth-order valence-electron chi connectivity index (χ4n) is 5.69. The minimum atomic E-state index is -0.449. The number of nitrogens with zero attached hydrogens (tertiary/aromatic N) is 2. The van der Waals surface area contributed by atoms with Gasteiger partial charge < -0.3 is 14.5 Å². The fraction of sp³-hybridized carbons (Fsp3) is 0.609. The van der Waals surface area contributed by atoms with Crippen LogP contribution in [0.15, 0.2) is 18.2 Å². The van der Waals surface area contributed by atoms with Gasteiger partial charge in [0.2, 0.25) is 11.6 Å². The number of amides is 1. The minimum Gasteiger partial charge on any atom is -0.410 e. The average Bonchev–Trinajstić information content (AvgIpc) is 2.66. The molecule has 0 bridgehead atoms. The highest BCUT2D eigenvalue weighted by Gasteiger charge is 2.56. The third-order valence-electron chi connectivity index (χ3n) is 7.24. The van der Waals surface area contributed by atoms with Crippen molar-refractivity contribution in [3.63, 3.8) is 0 Å². The standard InChI is InChI=1S/C23H30N2O4/c1-22(2)8-5-9-23(3)17-7-6-15(14-16(17)18(26)19(27)20(22)23)29-21(28)25-12-10-24(4)11-13-25/h6-7,14,20H,5,8-13H2,1-4H3. The summed E-state index contributed by atoms with van der Waals surface area (Å²) in [6, 6.07) is 5.24. The van der Waals surface area contributed by atoms with Crippen LogP contribution in [0.5, 0.6) is 5.75 Å². The van der Waals surface area contributed by atoms with Crippen molar-refractivity contribution in [2.24, 2.45) is 11.3 Å². The van der Waals surface area contributed by atoms with Gasteiger partial charge in [-0.15, -0.1) is 0 Å². The summed E-state index contributed by atoms with van der Waals surface area (Å²) in [5.41, 5.74) is 0.751. The van der Waals surface area contributed by atoms with Gasteiger partial charge in [-0.3, -0.25) is 9.59 Å². The third-order valence-corrected chi connectivity index (χ3v) is 7.24. The van der Waals surface area contributed by atoms with Crippen LogP contribution in [0.4, 0.5) is 4.79 Å². The van der Waals surface area contributed by atoms with Crippen molar-refractivity contribution in [2.75, 3.05) is 33.2 Å². The molecule has 1 amide bonds. The Bertz CT molecular complexity index is 870. The SMILES string of the molecule is CN1CCN(C(=O)Oc2ccc3c(c2)C(=O)C(=O)C2C(C)(C)CCCC32C)CC1. The lowest BCUT2D eigenvalue weighted by Gasteiger charge is -2.52. The number of ether oxygens (including phenoxy) is 1. The average molecular weight is 399 g/mol. The van der Waals surface area contributed by atoms with Crippen molar-refractivity contribution in [3.8, 4) is 5.75 Å². The summed E-state index contributed by atoms with van der Waals surface area (Å²) in [5.74, 6) is -0.726. The van der Waals surface area contributed by atoms with Crippen LogP contribution in [0.1, 0.15) is 56.0 Å². The van der Waals surface area contributed by atoms with Crippen LogP contribution in [0.25, 0.3) is 0 Å². The highest BCUT2D eigenvalue weighted by Crippen LogP contribution is 2.56. The summed E-state index contributed by atoms with van der Waals surface area (Å²) in [6.45, 7) is 9.15. The van der Waals surface area contributed by atoms with E-state index in [4.69, 9.17) is 4.74 Å². The van der Waals surface area contributed by atoms with Crippen LogP contribution in [-0.4, -0.2) is 60.7 Å². The normalized spacial score (nSPS) is 29.2. The molecular weight excluding hydrogens is 368 g/mol. The number of carbonyl (C=O) groups excluding carboxylic acids is 3. The van der Waals surface area contributed by atoms with Gasteiger partial charge in [0.05, 0.1) is 0 Å². The first kappa shape index (κ1) is 20.1. The van der Waals surface area contributed by atoms with Gasteiger partial charge in [0, 0.05) is 43.1 Å². The maximum atomic E-state index is 13.1. The molecule has 1 aliphatic heterocycles. The van der Waals surface area contributed by atoms with Crippen LogP contribution in [0.3, 0.4) is 0 Å². The summed E-state index contributed by atoms with van der Waals surface area (Å²) >= 11 is 0. The molecule has 2 atom stereocenters. The van der Waals surface area contributed by atoms with Gasteiger partial charge in [-0.1, -0.05) is 33.3 Å². The third kappa shape index (κ3) is 3.27. The second kappa shape index (κ2) is 6.94. The van der Waals surface area contributed by atoms with Crippen molar-refractivity contribution in [1.82, 2.24) is 9.80 Å². The van der Waals surface area contributed by atoms with Gasteiger partial charge in [-0.25, -0.2) is 4.79 Å². The number of likely N-dealkylation sites (N-methyl/N-ethyl adjacent to an activating group) is 1. The molecule has 6 heteroatoms. The second-order valence-corrected chi connectivity index (χ2v) is 9.75. The summed E-state index contributed by atoms with van der Waals surface area (Å²) in [7, 11) is 2.02. The minimum absolute atomic E-state index is 0.204. The smallest absolute Gasteiger partial charge is 0.410 e. The van der Waals surface area contributed by atoms with Crippen LogP contribution >= 0.6 is 0 Å². The van der Waals surface area contributed by atoms with Crippen molar-refractivity contribution in [3.05, 3.63) is 29.3 Å². The predicted octanol–water partition coefficient (Wildman–Crippen LogP) is 3.28. The Morgan fingerprint density at radius 2 is 1.76 bits per heavy atom. The Kier molecular flexibility index (Phi) is 4.80. The number of benzene rings is 1. The van der Waals surface area contributed by atoms with Gasteiger partial charge in [-0.2, -0.15) is 0 Å². The van der Waals surface area contributed by atoms with Gasteiger partial charge in [-0.05, 0) is 43.0 Å². The van der Waals surface area contributed by atoms with Crippen molar-refractivity contribution < 1.29 is 19.1 Å². The molecule has 1 aromatic carbocycles. The molecule has 3 aliphatic rings. The molecule has 0 spiro atoms. The molecule has 0 radical (unpaired) electrons. The van der Waals surface area contributed by atoms with Gasteiger partial charge in [0.1, 0.15) is 5.75 Å². The number of rotatable bonds is 1. The van der Waals surface area contributed by atoms with Gasteiger partial charge >= 0.3 is 6.09 Å². The summed E-state index contributed by atoms with van der Waals surface area (Å²) < 4.78 is 5.55. The van der Waals surface area contributed by atoms with E-state index in [2.05, 4.69) is 25.7 Å². The highest BCUT2D eigenvalue weighted by molar-refractivity contribution is 6.46. The molecule has 0 N–H and O–H groups in total. The highest BCUT2D eigenvalue weighted by atomic mass is 16.6. The summed E-state index contributed by atoms with van der Waals surface area (Å²) in [4.78, 5) is 42.4. The number of piperazine rings is 1. The Balaban J connectivity index is 1.63. The maximum absolute atomic E-state index is 13.1. The van der Waals surface area contributed by atoms with Gasteiger partial charge in [0.15, 0.2) is 0 Å². The zero-order valence-electron chi connectivity index (χ0n) is 17.8. The molecule has 6 nitrogen and oxygen atoms in total. The van der Waals surface area contributed by atoms with E-state index >= 15 is 0 Å². The number of fused-ring (bicyclic) bond motifs is 3. The Morgan fingerprint density at radius 3 is 2.45 bits per heavy atom. The van der Waals surface area contributed by atoms with Crippen LogP contribution in [-0.2, 0) is 10.2 Å². The van der Waals surface area contributed by atoms with E-state index in [1.165, 1.54) is 0 Å². The van der Waals surface area contributed by atoms with Crippen molar-refractivity contribution in [2.45, 2.75) is 45.4 Å². The van der Waals surface area contributed by atoms with E-state index in [0.717, 1.165) is 37.9 Å². The second-order valence-electron chi connectivity index (χ2n) is 9.75. The maximum Gasteiger partial charge on any atom is 0.415 e. The first-order chi connectivity index (χ1) is 13.6. The number of hydrogen-bond acceptors (Lipinski definition) is 5. The molecule has 1 aromatic rings. The van der Waals surface area contributed by atoms with Crippen LogP contribution in [0, 0.1) is 11.3 Å². The molecular formula is C23H30N2O4. The van der Waals surface area contributed by atoms with E-state index < -0.39 is 11.9 Å². The monoisotopic (exact) mass is 398 g/mol. The quantitative estimate of drug-likeness (QED) is 0.679. The molecule has 0 aromatic heterocycles. The van der Waals surface area contributed by atoms with E-state index in [1.54, 1.807) is 17.0 Å². The Morgan fingerprint density at radius 1 is 1.07 bits per heavy atom. The first-order valence-electron chi connectivity index (χ1n) is 10.5. The fourth-order valence-corrected chi connectivity index (χ4v) is 5.69. The van der Waals surface area contributed by atoms with Crippen LogP contribution < -0.4 is 4.74 Å². The largest absolute Gasteiger partial charge is 0.415 e. The molecule has 1 saturated carbocycles. The first-order valence-corrected chi connectivity index (χ1v) is 10.5. The Hall–Kier alpha value is -2.21.